The highest BCUT2D eigenvalue weighted by molar-refractivity contribution is 7.98. The van der Waals surface area contributed by atoms with Crippen molar-refractivity contribution in [2.75, 3.05) is 52.5 Å². The summed E-state index contributed by atoms with van der Waals surface area (Å²) in [4.78, 5) is 20.2. The number of nitriles is 1. The van der Waals surface area contributed by atoms with Crippen LogP contribution in [0.25, 0.3) is 10.9 Å². The van der Waals surface area contributed by atoms with Crippen LogP contribution in [-0.2, 0) is 19.9 Å². The zero-order valence-corrected chi connectivity index (χ0v) is 24.0. The van der Waals surface area contributed by atoms with Gasteiger partial charge in [0.05, 0.1) is 45.0 Å². The minimum Gasteiger partial charge on any atom is -0.491 e. The average Bonchev–Trinajstić information content (AvgIpc) is 3.34. The lowest BCUT2D eigenvalue weighted by atomic mass is 9.71. The number of ether oxygens (including phenoxy) is 2. The van der Waals surface area contributed by atoms with Crippen LogP contribution in [0, 0.1) is 11.3 Å². The smallest absolute Gasteiger partial charge is 0.195 e. The molecule has 8 nitrogen and oxygen atoms in total. The van der Waals surface area contributed by atoms with Crippen molar-refractivity contribution in [1.29, 1.82) is 5.26 Å². The van der Waals surface area contributed by atoms with E-state index in [9.17, 15) is 14.3 Å². The molecule has 1 aliphatic carbocycles. The molecule has 39 heavy (non-hydrogen) atoms. The molecular formula is C30H36N4O4S. The number of rotatable bonds is 8. The van der Waals surface area contributed by atoms with Crippen LogP contribution in [0.3, 0.4) is 0 Å². The van der Waals surface area contributed by atoms with Crippen molar-refractivity contribution < 1.29 is 18.5 Å². The molecule has 1 unspecified atom stereocenters. The van der Waals surface area contributed by atoms with Gasteiger partial charge in [-0.3, -0.25) is 4.79 Å². The second kappa shape index (κ2) is 10.4. The predicted molar refractivity (Wildman–Crippen MR) is 154 cm³/mol. The van der Waals surface area contributed by atoms with E-state index in [-0.39, 0.29) is 5.78 Å². The summed E-state index contributed by atoms with van der Waals surface area (Å²) in [6, 6.07) is 11.1. The molecule has 0 spiro atoms. The van der Waals surface area contributed by atoms with E-state index in [1.54, 1.807) is 18.2 Å². The molecule has 0 bridgehead atoms. The number of ketones is 1. The van der Waals surface area contributed by atoms with E-state index in [1.807, 2.05) is 16.4 Å². The van der Waals surface area contributed by atoms with E-state index < -0.39 is 15.1 Å². The zero-order valence-electron chi connectivity index (χ0n) is 23.1. The molecule has 206 valence electrons. The van der Waals surface area contributed by atoms with Crippen LogP contribution in [0.15, 0.2) is 35.2 Å². The van der Waals surface area contributed by atoms with Crippen molar-refractivity contribution in [2.45, 2.75) is 38.0 Å². The summed E-state index contributed by atoms with van der Waals surface area (Å²) in [6.07, 6.45) is 0. The summed E-state index contributed by atoms with van der Waals surface area (Å²) in [5.41, 5.74) is 3.42. The van der Waals surface area contributed by atoms with E-state index in [0.717, 1.165) is 41.8 Å². The number of benzene rings is 2. The van der Waals surface area contributed by atoms with Crippen LogP contribution in [0.2, 0.25) is 0 Å². The number of H-pyrrole nitrogens is 1. The maximum atomic E-state index is 14.3. The van der Waals surface area contributed by atoms with Crippen molar-refractivity contribution in [3.63, 3.8) is 0 Å². The number of fused-ring (bicyclic) bond motifs is 4. The maximum Gasteiger partial charge on any atom is 0.195 e. The molecule has 2 aromatic carbocycles. The number of morpholine rings is 1. The monoisotopic (exact) mass is 548 g/mol. The first-order chi connectivity index (χ1) is 18.6. The van der Waals surface area contributed by atoms with E-state index in [1.165, 1.54) is 0 Å². The fourth-order valence-electron chi connectivity index (χ4n) is 5.67. The minimum absolute atomic E-state index is 0.136. The van der Waals surface area contributed by atoms with E-state index in [2.05, 4.69) is 49.5 Å². The first-order valence-corrected chi connectivity index (χ1v) is 15.2. The fraction of sp³-hybridized carbons (Fsp3) is 0.433. The molecule has 1 aliphatic heterocycles. The van der Waals surface area contributed by atoms with Crippen molar-refractivity contribution in [1.82, 2.24) is 14.2 Å². The SMILES string of the molecule is C=S(=O)(c1cc2c(cc1OCCN(CC)CC)C(C)(C)c1[nH]c3cc(C#N)ccc3c1C2=O)N1CCOCC1. The van der Waals surface area contributed by atoms with E-state index >= 15 is 0 Å². The largest absolute Gasteiger partial charge is 0.491 e. The van der Waals surface area contributed by atoms with Gasteiger partial charge < -0.3 is 19.4 Å². The number of hydrogen-bond donors (Lipinski definition) is 1. The Morgan fingerprint density at radius 2 is 1.92 bits per heavy atom. The summed E-state index contributed by atoms with van der Waals surface area (Å²) in [5, 5.41) is 10.2. The number of nitrogens with one attached hydrogen (secondary N) is 1. The van der Waals surface area contributed by atoms with Crippen molar-refractivity contribution in [3.05, 3.63) is 58.3 Å². The standard InChI is InChI=1S/C30H36N4O4S/c1-6-33(7-2)10-15-38-25-18-23-22(17-26(25)39(5,36)34-11-13-37-14-12-34)28(35)27-21-9-8-20(19-31)16-24(21)32-29(27)30(23,3)4/h8-9,16-18,32H,5-7,10-15H2,1-4H3. The molecule has 1 aromatic heterocycles. The molecule has 0 amide bonds. The van der Waals surface area contributed by atoms with Gasteiger partial charge in [-0.25, -0.2) is 8.51 Å². The molecule has 1 saturated heterocycles. The number of aromatic amines is 1. The fourth-order valence-corrected chi connectivity index (χ4v) is 7.42. The molecule has 3 aromatic rings. The van der Waals surface area contributed by atoms with Crippen molar-refractivity contribution >= 4 is 32.3 Å². The lowest BCUT2D eigenvalue weighted by molar-refractivity contribution is 0.0748. The Morgan fingerprint density at radius 1 is 1.21 bits per heavy atom. The van der Waals surface area contributed by atoms with Crippen molar-refractivity contribution in [3.8, 4) is 11.8 Å². The zero-order chi connectivity index (χ0) is 27.9. The Balaban J connectivity index is 1.66. The van der Waals surface area contributed by atoms with Gasteiger partial charge in [-0.05, 0) is 48.8 Å². The lowest BCUT2D eigenvalue weighted by Crippen LogP contribution is -2.41. The van der Waals surface area contributed by atoms with Crippen LogP contribution in [0.5, 0.6) is 5.75 Å². The number of hydrogen-bond acceptors (Lipinski definition) is 6. The highest BCUT2D eigenvalue weighted by Crippen LogP contribution is 2.46. The molecule has 2 aliphatic rings. The van der Waals surface area contributed by atoms with Crippen LogP contribution in [-0.4, -0.2) is 82.6 Å². The van der Waals surface area contributed by atoms with E-state index in [0.29, 0.717) is 60.2 Å². The third-order valence-electron chi connectivity index (χ3n) is 8.07. The molecule has 2 heterocycles. The van der Waals surface area contributed by atoms with Crippen LogP contribution >= 0.6 is 0 Å². The summed E-state index contributed by atoms with van der Waals surface area (Å²) in [6.45, 7) is 13.3. The van der Waals surface area contributed by atoms with Crippen LogP contribution in [0.4, 0.5) is 0 Å². The Labute approximate surface area is 230 Å². The number of aromatic nitrogens is 1. The Bertz CT molecular complexity index is 1570. The number of carbonyl (C=O) groups excluding carboxylic acids is 1. The van der Waals surface area contributed by atoms with Crippen LogP contribution in [0.1, 0.15) is 60.4 Å². The molecule has 0 radical (unpaired) electrons. The number of likely N-dealkylation sites (N-methyl/N-ethyl adjacent to an activating group) is 1. The highest BCUT2D eigenvalue weighted by atomic mass is 32.2. The third kappa shape index (κ3) is 4.66. The Hall–Kier alpha value is -3.16. The number of carbonyl (C=O) groups is 1. The summed E-state index contributed by atoms with van der Waals surface area (Å²) in [5.74, 6) is 4.54. The molecule has 1 N–H and O–H groups in total. The van der Waals surface area contributed by atoms with Gasteiger partial charge in [-0.15, -0.1) is 0 Å². The second-order valence-corrected chi connectivity index (χ2v) is 12.8. The van der Waals surface area contributed by atoms with Gasteiger partial charge in [0, 0.05) is 47.2 Å². The topological polar surface area (TPSA) is 98.7 Å². The average molecular weight is 549 g/mol. The number of nitrogens with zero attached hydrogens (tertiary/aromatic N) is 3. The van der Waals surface area contributed by atoms with Gasteiger partial charge in [-0.2, -0.15) is 5.26 Å². The molecule has 9 heteroatoms. The summed E-state index contributed by atoms with van der Waals surface area (Å²) >= 11 is 0. The second-order valence-electron chi connectivity index (χ2n) is 10.6. The molecule has 5 rings (SSSR count). The molecule has 1 atom stereocenters. The minimum atomic E-state index is -2.95. The Kier molecular flexibility index (Phi) is 7.33. The quantitative estimate of drug-likeness (QED) is 0.428. The Morgan fingerprint density at radius 3 is 2.59 bits per heavy atom. The first-order valence-electron chi connectivity index (χ1n) is 13.5. The van der Waals surface area contributed by atoms with Gasteiger partial charge >= 0.3 is 0 Å². The van der Waals surface area contributed by atoms with E-state index in [4.69, 9.17) is 9.47 Å². The van der Waals surface area contributed by atoms with Gasteiger partial charge in [-0.1, -0.05) is 33.8 Å². The highest BCUT2D eigenvalue weighted by Gasteiger charge is 2.41. The normalized spacial score (nSPS) is 18.4. The summed E-state index contributed by atoms with van der Waals surface area (Å²) < 4.78 is 28.0. The van der Waals surface area contributed by atoms with Gasteiger partial charge in [0.25, 0.3) is 0 Å². The third-order valence-corrected chi connectivity index (χ3v) is 10.3. The molecule has 1 fully saturated rings. The molecular weight excluding hydrogens is 512 g/mol. The van der Waals surface area contributed by atoms with Gasteiger partial charge in [0.15, 0.2) is 5.78 Å². The van der Waals surface area contributed by atoms with Gasteiger partial charge in [0.1, 0.15) is 12.4 Å². The maximum absolute atomic E-state index is 14.3. The van der Waals surface area contributed by atoms with Crippen molar-refractivity contribution in [2.24, 2.45) is 0 Å². The van der Waals surface area contributed by atoms with Gasteiger partial charge in [0.2, 0.25) is 0 Å². The molecule has 0 saturated carbocycles. The lowest BCUT2D eigenvalue weighted by Gasteiger charge is -2.35. The predicted octanol–water partition coefficient (Wildman–Crippen LogP) is 3.95. The van der Waals surface area contributed by atoms with Crippen LogP contribution < -0.4 is 4.74 Å². The summed E-state index contributed by atoms with van der Waals surface area (Å²) in [7, 11) is -2.95. The first kappa shape index (κ1) is 27.4.